The Hall–Kier alpha value is -1.16. The zero-order chi connectivity index (χ0) is 13.1. The van der Waals surface area contributed by atoms with E-state index >= 15 is 0 Å². The molecule has 1 saturated heterocycles. The van der Waals surface area contributed by atoms with Crippen LogP contribution in [0.2, 0.25) is 0 Å². The Bertz CT molecular complexity index is 495. The molecule has 1 aromatic carbocycles. The van der Waals surface area contributed by atoms with E-state index in [1.54, 1.807) is 0 Å². The lowest BCUT2D eigenvalue weighted by Gasteiger charge is -2.40. The second-order valence-corrected chi connectivity index (χ2v) is 6.04. The maximum atomic E-state index is 3.53. The minimum atomic E-state index is 0.479. The fourth-order valence-corrected chi connectivity index (χ4v) is 3.66. The Morgan fingerprint density at radius 2 is 2.05 bits per heavy atom. The summed E-state index contributed by atoms with van der Waals surface area (Å²) in [6.07, 6.45) is 0. The molecule has 2 heterocycles. The van der Waals surface area contributed by atoms with Gasteiger partial charge in [0.2, 0.25) is 0 Å². The number of nitrogens with one attached hydrogen (secondary N) is 1. The first-order valence-electron chi connectivity index (χ1n) is 6.91. The predicted molar refractivity (Wildman–Crippen MR) is 81.5 cm³/mol. The van der Waals surface area contributed by atoms with Crippen LogP contribution in [-0.4, -0.2) is 24.5 Å². The Labute approximate surface area is 119 Å². The Kier molecular flexibility index (Phi) is 3.97. The highest BCUT2D eigenvalue weighted by Crippen LogP contribution is 2.33. The largest absolute Gasteiger partial charge is 0.314 e. The summed E-state index contributed by atoms with van der Waals surface area (Å²) in [4.78, 5) is 4.08. The third-order valence-electron chi connectivity index (χ3n) is 3.92. The first-order valence-corrected chi connectivity index (χ1v) is 7.79. The van der Waals surface area contributed by atoms with Crippen molar-refractivity contribution in [1.82, 2.24) is 10.2 Å². The molecule has 0 saturated carbocycles. The fraction of sp³-hybridized carbons (Fsp3) is 0.375. The molecule has 0 radical (unpaired) electrons. The third-order valence-corrected chi connectivity index (χ3v) is 4.96. The van der Waals surface area contributed by atoms with Crippen molar-refractivity contribution in [3.8, 4) is 0 Å². The Morgan fingerprint density at radius 1 is 1.21 bits per heavy atom. The van der Waals surface area contributed by atoms with Gasteiger partial charge in [0.1, 0.15) is 0 Å². The van der Waals surface area contributed by atoms with Crippen molar-refractivity contribution in [1.29, 1.82) is 0 Å². The number of benzene rings is 1. The van der Waals surface area contributed by atoms with E-state index in [4.69, 9.17) is 0 Å². The van der Waals surface area contributed by atoms with Gasteiger partial charge in [-0.25, -0.2) is 0 Å². The molecule has 2 nitrogen and oxygen atoms in total. The van der Waals surface area contributed by atoms with Gasteiger partial charge in [-0.05, 0) is 23.9 Å². The highest BCUT2D eigenvalue weighted by atomic mass is 32.1. The van der Waals surface area contributed by atoms with E-state index in [2.05, 4.69) is 65.0 Å². The molecule has 1 aliphatic rings. The van der Waals surface area contributed by atoms with Crippen molar-refractivity contribution in [3.05, 3.63) is 58.3 Å². The van der Waals surface area contributed by atoms with Gasteiger partial charge in [0.15, 0.2) is 0 Å². The Morgan fingerprint density at radius 3 is 2.79 bits per heavy atom. The average molecular weight is 272 g/mol. The smallest absolute Gasteiger partial charge is 0.0479 e. The van der Waals surface area contributed by atoms with Gasteiger partial charge in [-0.1, -0.05) is 36.4 Å². The monoisotopic (exact) mass is 272 g/mol. The highest BCUT2D eigenvalue weighted by molar-refractivity contribution is 7.10. The summed E-state index contributed by atoms with van der Waals surface area (Å²) in [5.41, 5.74) is 1.41. The van der Waals surface area contributed by atoms with Crippen molar-refractivity contribution in [3.63, 3.8) is 0 Å². The van der Waals surface area contributed by atoms with E-state index in [-0.39, 0.29) is 0 Å². The Balaban J connectivity index is 1.85. The average Bonchev–Trinajstić information content (AvgIpc) is 3.02. The van der Waals surface area contributed by atoms with Crippen molar-refractivity contribution >= 4 is 11.3 Å². The minimum Gasteiger partial charge on any atom is -0.314 e. The van der Waals surface area contributed by atoms with Crippen LogP contribution in [0.25, 0.3) is 0 Å². The summed E-state index contributed by atoms with van der Waals surface area (Å²) in [5, 5.41) is 5.70. The van der Waals surface area contributed by atoms with Crippen LogP contribution in [0.5, 0.6) is 0 Å². The first-order chi connectivity index (χ1) is 9.36. The highest BCUT2D eigenvalue weighted by Gasteiger charge is 2.28. The lowest BCUT2D eigenvalue weighted by atomic mass is 10.0. The van der Waals surface area contributed by atoms with Crippen LogP contribution in [0.1, 0.15) is 29.4 Å². The number of piperazine rings is 1. The number of hydrogen-bond donors (Lipinski definition) is 1. The molecular weight excluding hydrogens is 252 g/mol. The number of hydrogen-bond acceptors (Lipinski definition) is 3. The van der Waals surface area contributed by atoms with Gasteiger partial charge in [-0.15, -0.1) is 11.3 Å². The molecule has 100 valence electrons. The van der Waals surface area contributed by atoms with E-state index < -0.39 is 0 Å². The molecule has 0 spiro atoms. The molecule has 3 heteroatoms. The van der Waals surface area contributed by atoms with E-state index in [1.807, 2.05) is 11.3 Å². The van der Waals surface area contributed by atoms with E-state index in [9.17, 15) is 0 Å². The topological polar surface area (TPSA) is 15.3 Å². The van der Waals surface area contributed by atoms with E-state index in [0.717, 1.165) is 19.6 Å². The summed E-state index contributed by atoms with van der Waals surface area (Å²) >= 11 is 1.86. The van der Waals surface area contributed by atoms with Crippen LogP contribution in [-0.2, 0) is 0 Å². The molecule has 1 aliphatic heterocycles. The third kappa shape index (κ3) is 2.73. The summed E-state index contributed by atoms with van der Waals surface area (Å²) in [5.74, 6) is 0. The molecule has 2 atom stereocenters. The molecule has 1 N–H and O–H groups in total. The molecule has 19 heavy (non-hydrogen) atoms. The van der Waals surface area contributed by atoms with Crippen molar-refractivity contribution in [2.24, 2.45) is 0 Å². The number of thiophene rings is 1. The predicted octanol–water partition coefficient (Wildman–Crippen LogP) is 3.46. The van der Waals surface area contributed by atoms with Crippen LogP contribution in [0.3, 0.4) is 0 Å². The maximum absolute atomic E-state index is 3.53. The quantitative estimate of drug-likeness (QED) is 0.920. The van der Waals surface area contributed by atoms with Crippen LogP contribution in [0.15, 0.2) is 47.8 Å². The summed E-state index contributed by atoms with van der Waals surface area (Å²) in [7, 11) is 0. The van der Waals surface area contributed by atoms with Gasteiger partial charge >= 0.3 is 0 Å². The molecule has 2 unspecified atom stereocenters. The first kappa shape index (κ1) is 12.9. The van der Waals surface area contributed by atoms with Gasteiger partial charge in [-0.3, -0.25) is 4.90 Å². The minimum absolute atomic E-state index is 0.479. The van der Waals surface area contributed by atoms with Crippen LogP contribution in [0.4, 0.5) is 0 Å². The summed E-state index contributed by atoms with van der Waals surface area (Å²) < 4.78 is 0. The second-order valence-electron chi connectivity index (χ2n) is 5.06. The molecule has 0 amide bonds. The summed E-state index contributed by atoms with van der Waals surface area (Å²) in [6.45, 7) is 5.56. The lowest BCUT2D eigenvalue weighted by Crippen LogP contribution is -2.46. The van der Waals surface area contributed by atoms with Crippen molar-refractivity contribution < 1.29 is 0 Å². The normalized spacial score (nSPS) is 22.3. The summed E-state index contributed by atoms with van der Waals surface area (Å²) in [6, 6.07) is 16.2. The van der Waals surface area contributed by atoms with Crippen LogP contribution < -0.4 is 5.32 Å². The van der Waals surface area contributed by atoms with E-state index in [1.165, 1.54) is 10.4 Å². The number of rotatable bonds is 3. The van der Waals surface area contributed by atoms with Gasteiger partial charge in [0.05, 0.1) is 0 Å². The number of nitrogens with zero attached hydrogens (tertiary/aromatic N) is 1. The van der Waals surface area contributed by atoms with Crippen LogP contribution >= 0.6 is 11.3 Å². The standard InChI is InChI=1S/C16H20N2S/c1-13(16-8-5-11-19-16)18-10-9-17-12-15(18)14-6-3-2-4-7-14/h2-8,11,13,15,17H,9-10,12H2,1H3. The fourth-order valence-electron chi connectivity index (χ4n) is 2.86. The molecule has 1 fully saturated rings. The molecule has 0 aliphatic carbocycles. The van der Waals surface area contributed by atoms with Crippen molar-refractivity contribution in [2.45, 2.75) is 19.0 Å². The van der Waals surface area contributed by atoms with Gasteiger partial charge < -0.3 is 5.32 Å². The zero-order valence-electron chi connectivity index (χ0n) is 11.3. The molecule has 3 rings (SSSR count). The van der Waals surface area contributed by atoms with Crippen LogP contribution in [0, 0.1) is 0 Å². The van der Waals surface area contributed by atoms with E-state index in [0.29, 0.717) is 12.1 Å². The lowest BCUT2D eigenvalue weighted by molar-refractivity contribution is 0.117. The molecule has 2 aromatic rings. The molecule has 1 aromatic heterocycles. The van der Waals surface area contributed by atoms with Gasteiger partial charge in [0, 0.05) is 36.6 Å². The van der Waals surface area contributed by atoms with Gasteiger partial charge in [0.25, 0.3) is 0 Å². The molecular formula is C16H20N2S. The molecule has 0 bridgehead atoms. The van der Waals surface area contributed by atoms with Crippen molar-refractivity contribution in [2.75, 3.05) is 19.6 Å². The van der Waals surface area contributed by atoms with Gasteiger partial charge in [-0.2, -0.15) is 0 Å². The zero-order valence-corrected chi connectivity index (χ0v) is 12.1. The second kappa shape index (κ2) is 5.87. The SMILES string of the molecule is CC(c1cccs1)N1CCNCC1c1ccccc1. The maximum Gasteiger partial charge on any atom is 0.0479 e.